The first-order chi connectivity index (χ1) is 8.17. The molecule has 1 heterocycles. The fourth-order valence-electron chi connectivity index (χ4n) is 1.68. The summed E-state index contributed by atoms with van der Waals surface area (Å²) in [5.41, 5.74) is 3.33. The highest BCUT2D eigenvalue weighted by Gasteiger charge is 2.00. The maximum Gasteiger partial charge on any atom is 0.234 e. The molecule has 84 valence electrons. The summed E-state index contributed by atoms with van der Waals surface area (Å²) in [6, 6.07) is 9.81. The Hall–Kier alpha value is -2.41. The SMILES string of the molecule is Cc1cc(C)cc(Nc2ccnc(C#N)n2)c1. The number of nitrogens with zero attached hydrogens (tertiary/aromatic N) is 3. The number of benzene rings is 1. The van der Waals surface area contributed by atoms with Gasteiger partial charge in [-0.1, -0.05) is 6.07 Å². The third-order valence-corrected chi connectivity index (χ3v) is 2.25. The van der Waals surface area contributed by atoms with Crippen LogP contribution in [0.4, 0.5) is 11.5 Å². The van der Waals surface area contributed by atoms with Gasteiger partial charge in [0.15, 0.2) is 0 Å². The largest absolute Gasteiger partial charge is 0.340 e. The zero-order chi connectivity index (χ0) is 12.3. The Balaban J connectivity index is 2.28. The molecule has 1 N–H and O–H groups in total. The minimum atomic E-state index is 0.166. The molecular formula is C13H12N4. The molecule has 1 aromatic carbocycles. The molecule has 1 aromatic heterocycles. The maximum atomic E-state index is 8.71. The van der Waals surface area contributed by atoms with Crippen LogP contribution in [0.15, 0.2) is 30.5 Å². The van der Waals surface area contributed by atoms with E-state index in [1.165, 1.54) is 11.1 Å². The molecule has 4 nitrogen and oxygen atoms in total. The maximum absolute atomic E-state index is 8.71. The van der Waals surface area contributed by atoms with Crippen LogP contribution < -0.4 is 5.32 Å². The summed E-state index contributed by atoms with van der Waals surface area (Å²) >= 11 is 0. The van der Waals surface area contributed by atoms with Gasteiger partial charge in [-0.2, -0.15) is 5.26 Å². The van der Waals surface area contributed by atoms with Crippen molar-refractivity contribution in [1.82, 2.24) is 9.97 Å². The molecule has 17 heavy (non-hydrogen) atoms. The summed E-state index contributed by atoms with van der Waals surface area (Å²) in [5.74, 6) is 0.793. The summed E-state index contributed by atoms with van der Waals surface area (Å²) in [6.45, 7) is 4.08. The van der Waals surface area contributed by atoms with Crippen molar-refractivity contribution in [3.05, 3.63) is 47.4 Å². The Bertz CT molecular complexity index is 564. The topological polar surface area (TPSA) is 61.6 Å². The second-order valence-electron chi connectivity index (χ2n) is 3.88. The molecule has 2 aromatic rings. The number of nitriles is 1. The van der Waals surface area contributed by atoms with Crippen molar-refractivity contribution < 1.29 is 0 Å². The average molecular weight is 224 g/mol. The summed E-state index contributed by atoms with van der Waals surface area (Å²) in [5, 5.41) is 11.9. The molecule has 0 bridgehead atoms. The summed E-state index contributed by atoms with van der Waals surface area (Å²) in [6.07, 6.45) is 1.57. The molecule has 0 unspecified atom stereocenters. The molecule has 2 rings (SSSR count). The van der Waals surface area contributed by atoms with Gasteiger partial charge in [0.05, 0.1) is 0 Å². The lowest BCUT2D eigenvalue weighted by Gasteiger charge is -2.07. The van der Waals surface area contributed by atoms with Crippen LogP contribution in [0.5, 0.6) is 0 Å². The predicted octanol–water partition coefficient (Wildman–Crippen LogP) is 2.71. The number of anilines is 2. The fourth-order valence-corrected chi connectivity index (χ4v) is 1.68. The van der Waals surface area contributed by atoms with Crippen LogP contribution in [0.3, 0.4) is 0 Å². The Kier molecular flexibility index (Phi) is 3.01. The first kappa shape index (κ1) is 11.1. The van der Waals surface area contributed by atoms with Gasteiger partial charge in [-0.3, -0.25) is 0 Å². The van der Waals surface area contributed by atoms with E-state index >= 15 is 0 Å². The van der Waals surface area contributed by atoms with E-state index in [1.54, 1.807) is 12.3 Å². The Morgan fingerprint density at radius 2 is 1.88 bits per heavy atom. The van der Waals surface area contributed by atoms with Crippen molar-refractivity contribution in [2.45, 2.75) is 13.8 Å². The second-order valence-corrected chi connectivity index (χ2v) is 3.88. The molecule has 0 radical (unpaired) electrons. The van der Waals surface area contributed by atoms with Crippen molar-refractivity contribution in [1.29, 1.82) is 5.26 Å². The Morgan fingerprint density at radius 3 is 2.53 bits per heavy atom. The van der Waals surface area contributed by atoms with E-state index in [4.69, 9.17) is 5.26 Å². The molecule has 0 saturated carbocycles. The molecule has 0 aliphatic carbocycles. The van der Waals surface area contributed by atoms with E-state index in [9.17, 15) is 0 Å². The zero-order valence-corrected chi connectivity index (χ0v) is 9.73. The van der Waals surface area contributed by atoms with Crippen molar-refractivity contribution in [3.63, 3.8) is 0 Å². The Morgan fingerprint density at radius 1 is 1.18 bits per heavy atom. The quantitative estimate of drug-likeness (QED) is 0.851. The molecule has 0 atom stereocenters. The monoisotopic (exact) mass is 224 g/mol. The van der Waals surface area contributed by atoms with Gasteiger partial charge in [0.25, 0.3) is 0 Å². The standard InChI is InChI=1S/C13H12N4/c1-9-5-10(2)7-11(6-9)16-12-3-4-15-13(8-14)17-12/h3-7H,1-2H3,(H,15,16,17). The molecular weight excluding hydrogens is 212 g/mol. The number of aryl methyl sites for hydroxylation is 2. The van der Waals surface area contributed by atoms with Gasteiger partial charge in [-0.05, 0) is 43.2 Å². The average Bonchev–Trinajstić information content (AvgIpc) is 2.28. The summed E-state index contributed by atoms with van der Waals surface area (Å²) in [4.78, 5) is 7.88. The number of hydrogen-bond donors (Lipinski definition) is 1. The number of rotatable bonds is 2. The van der Waals surface area contributed by atoms with Crippen LogP contribution in [-0.2, 0) is 0 Å². The van der Waals surface area contributed by atoms with Crippen molar-refractivity contribution in [2.24, 2.45) is 0 Å². The number of aromatic nitrogens is 2. The van der Waals surface area contributed by atoms with E-state index in [-0.39, 0.29) is 5.82 Å². The van der Waals surface area contributed by atoms with E-state index in [0.29, 0.717) is 5.82 Å². The number of nitrogens with one attached hydrogen (secondary N) is 1. The van der Waals surface area contributed by atoms with E-state index in [2.05, 4.69) is 21.4 Å². The minimum absolute atomic E-state index is 0.166. The second kappa shape index (κ2) is 4.62. The van der Waals surface area contributed by atoms with Crippen molar-refractivity contribution in [2.75, 3.05) is 5.32 Å². The molecule has 4 heteroatoms. The smallest absolute Gasteiger partial charge is 0.234 e. The third-order valence-electron chi connectivity index (χ3n) is 2.25. The van der Waals surface area contributed by atoms with Crippen LogP contribution in [-0.4, -0.2) is 9.97 Å². The van der Waals surface area contributed by atoms with E-state index in [0.717, 1.165) is 5.69 Å². The molecule has 0 aliphatic heterocycles. The van der Waals surface area contributed by atoms with E-state index in [1.807, 2.05) is 32.0 Å². The summed E-state index contributed by atoms with van der Waals surface area (Å²) in [7, 11) is 0. The molecule has 0 fully saturated rings. The first-order valence-corrected chi connectivity index (χ1v) is 5.26. The highest BCUT2D eigenvalue weighted by Crippen LogP contribution is 2.17. The van der Waals surface area contributed by atoms with Crippen LogP contribution in [0, 0.1) is 25.2 Å². The normalized spacial score (nSPS) is 9.71. The highest BCUT2D eigenvalue weighted by atomic mass is 15.0. The lowest BCUT2D eigenvalue weighted by Crippen LogP contribution is -1.97. The Labute approximate surface area is 100.0 Å². The fraction of sp³-hybridized carbons (Fsp3) is 0.154. The van der Waals surface area contributed by atoms with Gasteiger partial charge in [0.2, 0.25) is 5.82 Å². The molecule has 0 saturated heterocycles. The van der Waals surface area contributed by atoms with Gasteiger partial charge in [-0.15, -0.1) is 0 Å². The molecule has 0 amide bonds. The van der Waals surface area contributed by atoms with Crippen LogP contribution in [0.2, 0.25) is 0 Å². The van der Waals surface area contributed by atoms with Crippen molar-refractivity contribution in [3.8, 4) is 6.07 Å². The lowest BCUT2D eigenvalue weighted by atomic mass is 10.1. The van der Waals surface area contributed by atoms with Crippen LogP contribution in [0.1, 0.15) is 17.0 Å². The summed E-state index contributed by atoms with van der Waals surface area (Å²) < 4.78 is 0. The third kappa shape index (κ3) is 2.79. The van der Waals surface area contributed by atoms with Crippen LogP contribution in [0.25, 0.3) is 0 Å². The van der Waals surface area contributed by atoms with Gasteiger partial charge in [-0.25, -0.2) is 9.97 Å². The van der Waals surface area contributed by atoms with Crippen LogP contribution >= 0.6 is 0 Å². The predicted molar refractivity (Wildman–Crippen MR) is 65.9 cm³/mol. The lowest BCUT2D eigenvalue weighted by molar-refractivity contribution is 1.11. The highest BCUT2D eigenvalue weighted by molar-refractivity contribution is 5.58. The van der Waals surface area contributed by atoms with Crippen molar-refractivity contribution >= 4 is 11.5 Å². The minimum Gasteiger partial charge on any atom is -0.340 e. The number of hydrogen-bond acceptors (Lipinski definition) is 4. The van der Waals surface area contributed by atoms with Gasteiger partial charge in [0.1, 0.15) is 11.9 Å². The van der Waals surface area contributed by atoms with Gasteiger partial charge >= 0.3 is 0 Å². The molecule has 0 aliphatic rings. The van der Waals surface area contributed by atoms with Gasteiger partial charge in [0, 0.05) is 11.9 Å². The zero-order valence-electron chi connectivity index (χ0n) is 9.73. The first-order valence-electron chi connectivity index (χ1n) is 5.26. The van der Waals surface area contributed by atoms with E-state index < -0.39 is 0 Å². The van der Waals surface area contributed by atoms with Gasteiger partial charge < -0.3 is 5.32 Å². The molecule has 0 spiro atoms.